The van der Waals surface area contributed by atoms with E-state index >= 15 is 0 Å². The third-order valence-corrected chi connectivity index (χ3v) is 5.11. The molecule has 0 saturated heterocycles. The molecule has 24 heavy (non-hydrogen) atoms. The Hall–Kier alpha value is -2.15. The fraction of sp³-hybridized carbons (Fsp3) is 0.588. The molecule has 0 aromatic rings. The van der Waals surface area contributed by atoms with Gasteiger partial charge >= 0.3 is 11.9 Å². The molecule has 0 aromatic carbocycles. The zero-order valence-electron chi connectivity index (χ0n) is 13.5. The lowest BCUT2D eigenvalue weighted by Crippen LogP contribution is -2.47. The molecule has 7 heteroatoms. The van der Waals surface area contributed by atoms with Crippen molar-refractivity contribution >= 4 is 17.7 Å². The van der Waals surface area contributed by atoms with Crippen molar-refractivity contribution in [2.24, 2.45) is 16.6 Å². The maximum absolute atomic E-state index is 11.3. The fourth-order valence-electron chi connectivity index (χ4n) is 3.82. The summed E-state index contributed by atoms with van der Waals surface area (Å²) in [5, 5.41) is 18.3. The Labute approximate surface area is 140 Å². The van der Waals surface area contributed by atoms with E-state index in [0.717, 1.165) is 30.5 Å². The van der Waals surface area contributed by atoms with Crippen molar-refractivity contribution in [2.75, 3.05) is 0 Å². The Morgan fingerprint density at radius 2 is 2.12 bits per heavy atom. The highest BCUT2D eigenvalue weighted by atomic mass is 16.4. The van der Waals surface area contributed by atoms with Crippen molar-refractivity contribution in [3.8, 4) is 0 Å². The second-order valence-electron chi connectivity index (χ2n) is 6.67. The first-order valence-electron chi connectivity index (χ1n) is 8.41. The van der Waals surface area contributed by atoms with Gasteiger partial charge in [0.15, 0.2) is 0 Å². The molecule has 4 N–H and O–H groups in total. The van der Waals surface area contributed by atoms with Gasteiger partial charge in [-0.25, -0.2) is 4.79 Å². The number of hydrogen-bond donors (Lipinski definition) is 3. The molecule has 0 bridgehead atoms. The van der Waals surface area contributed by atoms with Gasteiger partial charge in [0.2, 0.25) is 0 Å². The number of aliphatic carboxylic acids is 2. The summed E-state index contributed by atoms with van der Waals surface area (Å²) in [6, 6.07) is -1.29. The average molecular weight is 333 g/mol. The Morgan fingerprint density at radius 3 is 2.83 bits per heavy atom. The van der Waals surface area contributed by atoms with Crippen LogP contribution in [0.4, 0.5) is 0 Å². The maximum atomic E-state index is 11.3. The van der Waals surface area contributed by atoms with E-state index in [1.807, 2.05) is 6.20 Å². The molecule has 0 aliphatic carbocycles. The summed E-state index contributed by atoms with van der Waals surface area (Å²) in [6.45, 7) is 0. The zero-order chi connectivity index (χ0) is 17.3. The number of carbonyl (C=O) groups is 2. The highest BCUT2D eigenvalue weighted by molar-refractivity contribution is 6.04. The summed E-state index contributed by atoms with van der Waals surface area (Å²) in [5.74, 6) is -1.70. The van der Waals surface area contributed by atoms with Crippen LogP contribution in [0.1, 0.15) is 38.5 Å². The summed E-state index contributed by atoms with van der Waals surface area (Å²) in [4.78, 5) is 29.0. The predicted molar refractivity (Wildman–Crippen MR) is 88.5 cm³/mol. The SMILES string of the molecule is NC(CCC1=CN2C=CCCC2C2CCC(C(=O)O)N=C12)C(=O)O. The topological polar surface area (TPSA) is 116 Å². The van der Waals surface area contributed by atoms with Gasteiger partial charge in [-0.3, -0.25) is 9.79 Å². The van der Waals surface area contributed by atoms with Crippen LogP contribution in [0.25, 0.3) is 0 Å². The minimum atomic E-state index is -1.02. The summed E-state index contributed by atoms with van der Waals surface area (Å²) >= 11 is 0. The van der Waals surface area contributed by atoms with Gasteiger partial charge in [0.1, 0.15) is 12.1 Å². The van der Waals surface area contributed by atoms with E-state index in [2.05, 4.69) is 22.2 Å². The predicted octanol–water partition coefficient (Wildman–Crippen LogP) is 1.36. The van der Waals surface area contributed by atoms with Crippen LogP contribution < -0.4 is 5.73 Å². The monoisotopic (exact) mass is 333 g/mol. The number of carboxylic acids is 2. The number of aliphatic imine (C=N–C) groups is 1. The Morgan fingerprint density at radius 1 is 1.33 bits per heavy atom. The van der Waals surface area contributed by atoms with Gasteiger partial charge < -0.3 is 20.8 Å². The molecule has 4 atom stereocenters. The largest absolute Gasteiger partial charge is 0.480 e. The van der Waals surface area contributed by atoms with Gasteiger partial charge in [0.05, 0.1) is 0 Å². The molecular weight excluding hydrogens is 310 g/mol. The fourth-order valence-corrected chi connectivity index (χ4v) is 3.82. The lowest BCUT2D eigenvalue weighted by Gasteiger charge is -2.44. The third kappa shape index (κ3) is 3.21. The van der Waals surface area contributed by atoms with Crippen molar-refractivity contribution in [3.05, 3.63) is 24.0 Å². The summed E-state index contributed by atoms with van der Waals surface area (Å²) in [6.07, 6.45) is 10.4. The summed E-state index contributed by atoms with van der Waals surface area (Å²) < 4.78 is 0. The van der Waals surface area contributed by atoms with Crippen LogP contribution in [0.2, 0.25) is 0 Å². The Kier molecular flexibility index (Phi) is 4.71. The standard InChI is InChI=1S/C17H23N3O4/c18-12(16(21)22)6-4-10-9-20-8-2-1-3-14(20)11-5-7-13(17(23)24)19-15(10)11/h2,8-9,11-14H,1,3-7,18H2,(H,21,22)(H,23,24). The molecule has 0 amide bonds. The number of rotatable bonds is 5. The van der Waals surface area contributed by atoms with Crippen LogP contribution in [0.5, 0.6) is 0 Å². The molecule has 0 aromatic heterocycles. The normalized spacial score (nSPS) is 29.9. The van der Waals surface area contributed by atoms with Crippen LogP contribution in [0, 0.1) is 5.92 Å². The molecule has 0 fully saturated rings. The quantitative estimate of drug-likeness (QED) is 0.699. The van der Waals surface area contributed by atoms with Gasteiger partial charge in [-0.15, -0.1) is 0 Å². The van der Waals surface area contributed by atoms with E-state index in [1.165, 1.54) is 0 Å². The molecule has 7 nitrogen and oxygen atoms in total. The number of nitrogens with zero attached hydrogens (tertiary/aromatic N) is 2. The van der Waals surface area contributed by atoms with E-state index in [-0.39, 0.29) is 5.92 Å². The Bertz CT molecular complexity index is 625. The number of fused-ring (bicyclic) bond motifs is 3. The first kappa shape index (κ1) is 16.7. The van der Waals surface area contributed by atoms with Crippen LogP contribution in [-0.4, -0.2) is 50.9 Å². The Balaban J connectivity index is 1.89. The molecule has 0 radical (unpaired) electrons. The van der Waals surface area contributed by atoms with E-state index in [1.54, 1.807) is 0 Å². The molecule has 3 aliphatic rings. The molecule has 0 saturated carbocycles. The van der Waals surface area contributed by atoms with Gasteiger partial charge in [0, 0.05) is 23.9 Å². The van der Waals surface area contributed by atoms with Gasteiger partial charge in [-0.1, -0.05) is 6.08 Å². The van der Waals surface area contributed by atoms with Crippen LogP contribution in [0.3, 0.4) is 0 Å². The first-order chi connectivity index (χ1) is 11.5. The van der Waals surface area contributed by atoms with Crippen molar-refractivity contribution < 1.29 is 19.8 Å². The lowest BCUT2D eigenvalue weighted by molar-refractivity contribution is -0.139. The minimum Gasteiger partial charge on any atom is -0.480 e. The van der Waals surface area contributed by atoms with E-state index in [9.17, 15) is 14.7 Å². The first-order valence-corrected chi connectivity index (χ1v) is 8.41. The van der Waals surface area contributed by atoms with Gasteiger partial charge in [-0.2, -0.15) is 0 Å². The van der Waals surface area contributed by atoms with Crippen molar-refractivity contribution in [2.45, 2.75) is 56.7 Å². The number of nitrogens with two attached hydrogens (primary N) is 1. The van der Waals surface area contributed by atoms with Crippen molar-refractivity contribution in [3.63, 3.8) is 0 Å². The van der Waals surface area contributed by atoms with Crippen LogP contribution in [0.15, 0.2) is 29.0 Å². The molecule has 0 spiro atoms. The third-order valence-electron chi connectivity index (χ3n) is 5.11. The average Bonchev–Trinajstić information content (AvgIpc) is 2.58. The van der Waals surface area contributed by atoms with E-state index in [4.69, 9.17) is 10.8 Å². The highest BCUT2D eigenvalue weighted by Gasteiger charge is 2.39. The molecular formula is C17H23N3O4. The maximum Gasteiger partial charge on any atom is 0.328 e. The molecule has 130 valence electrons. The summed E-state index contributed by atoms with van der Waals surface area (Å²) in [7, 11) is 0. The minimum absolute atomic E-state index is 0.214. The van der Waals surface area contributed by atoms with Crippen LogP contribution in [-0.2, 0) is 9.59 Å². The lowest BCUT2D eigenvalue weighted by atomic mass is 9.76. The second-order valence-corrected chi connectivity index (χ2v) is 6.67. The van der Waals surface area contributed by atoms with E-state index < -0.39 is 24.0 Å². The van der Waals surface area contributed by atoms with Gasteiger partial charge in [0.25, 0.3) is 0 Å². The van der Waals surface area contributed by atoms with Crippen molar-refractivity contribution in [1.29, 1.82) is 0 Å². The van der Waals surface area contributed by atoms with E-state index in [0.29, 0.717) is 25.3 Å². The van der Waals surface area contributed by atoms with Crippen molar-refractivity contribution in [1.82, 2.24) is 4.90 Å². The smallest absolute Gasteiger partial charge is 0.328 e. The molecule has 3 heterocycles. The number of hydrogen-bond acceptors (Lipinski definition) is 5. The summed E-state index contributed by atoms with van der Waals surface area (Å²) in [5.41, 5.74) is 7.39. The number of allylic oxidation sites excluding steroid dienone is 2. The second kappa shape index (κ2) is 6.76. The molecule has 4 unspecified atom stereocenters. The van der Waals surface area contributed by atoms with Gasteiger partial charge in [-0.05, 0) is 50.3 Å². The molecule has 3 aliphatic heterocycles. The van der Waals surface area contributed by atoms with Crippen LogP contribution >= 0.6 is 0 Å². The number of carboxylic acid groups (broad SMARTS) is 2. The zero-order valence-corrected chi connectivity index (χ0v) is 13.5. The highest BCUT2D eigenvalue weighted by Crippen LogP contribution is 2.37. The molecule has 3 rings (SSSR count).